The lowest BCUT2D eigenvalue weighted by Crippen LogP contribution is -2.30. The summed E-state index contributed by atoms with van der Waals surface area (Å²) in [7, 11) is 0. The maximum Gasteiger partial charge on any atom is 0.311 e. The van der Waals surface area contributed by atoms with Crippen molar-refractivity contribution in [2.75, 3.05) is 29.9 Å². The minimum Gasteiger partial charge on any atom is -0.370 e. The van der Waals surface area contributed by atoms with Crippen molar-refractivity contribution in [1.82, 2.24) is 4.98 Å². The molecule has 0 radical (unpaired) electrons. The van der Waals surface area contributed by atoms with E-state index in [0.717, 1.165) is 0 Å². The van der Waals surface area contributed by atoms with E-state index in [2.05, 4.69) is 16.4 Å². The zero-order valence-electron chi connectivity index (χ0n) is 12.7. The van der Waals surface area contributed by atoms with Crippen LogP contribution in [0.4, 0.5) is 17.3 Å². The third-order valence-electron chi connectivity index (χ3n) is 2.79. The van der Waals surface area contributed by atoms with Crippen LogP contribution in [0, 0.1) is 27.4 Å². The number of nitro groups is 1. The first-order valence-corrected chi connectivity index (χ1v) is 7.00. The van der Waals surface area contributed by atoms with Crippen LogP contribution in [0.5, 0.6) is 0 Å². The predicted octanol–water partition coefficient (Wildman–Crippen LogP) is 2.80. The number of nitriles is 1. The molecule has 0 aliphatic rings. The number of aromatic nitrogens is 1. The third-order valence-corrected chi connectivity index (χ3v) is 2.79. The molecule has 0 aliphatic carbocycles. The van der Waals surface area contributed by atoms with Crippen molar-refractivity contribution < 1.29 is 4.92 Å². The fraction of sp³-hybridized carbons (Fsp3) is 0.571. The molecule has 114 valence electrons. The molecule has 1 N–H and O–H groups in total. The molecule has 0 bridgehead atoms. The summed E-state index contributed by atoms with van der Waals surface area (Å²) in [6, 6.07) is 5.13. The first-order chi connectivity index (χ1) is 9.99. The Morgan fingerprint density at radius 1 is 1.52 bits per heavy atom. The second kappa shape index (κ2) is 8.04. The van der Waals surface area contributed by atoms with E-state index in [1.54, 1.807) is 6.07 Å². The summed E-state index contributed by atoms with van der Waals surface area (Å²) in [4.78, 5) is 16.9. The average Bonchev–Trinajstić information content (AvgIpc) is 2.43. The van der Waals surface area contributed by atoms with Crippen LogP contribution >= 0.6 is 0 Å². The van der Waals surface area contributed by atoms with Gasteiger partial charge in [0.2, 0.25) is 5.82 Å². The van der Waals surface area contributed by atoms with Gasteiger partial charge < -0.3 is 10.2 Å². The van der Waals surface area contributed by atoms with Crippen LogP contribution in [-0.2, 0) is 0 Å². The molecule has 0 amide bonds. The molecule has 0 spiro atoms. The lowest BCUT2D eigenvalue weighted by molar-refractivity contribution is -0.384. The summed E-state index contributed by atoms with van der Waals surface area (Å²) in [6.45, 7) is 7.72. The smallest absolute Gasteiger partial charge is 0.311 e. The number of nitrogens with zero attached hydrogens (tertiary/aromatic N) is 4. The quantitative estimate of drug-likeness (QED) is 0.584. The van der Waals surface area contributed by atoms with Gasteiger partial charge in [-0.05, 0) is 18.9 Å². The highest BCUT2D eigenvalue weighted by atomic mass is 16.6. The molecule has 0 aromatic carbocycles. The van der Waals surface area contributed by atoms with Gasteiger partial charge in [-0.3, -0.25) is 10.1 Å². The van der Waals surface area contributed by atoms with Crippen LogP contribution in [0.15, 0.2) is 12.1 Å². The van der Waals surface area contributed by atoms with Gasteiger partial charge >= 0.3 is 5.69 Å². The molecule has 0 fully saturated rings. The Balaban J connectivity index is 3.20. The number of hydrogen-bond acceptors (Lipinski definition) is 6. The first-order valence-electron chi connectivity index (χ1n) is 7.00. The Hall–Kier alpha value is -2.36. The number of nitrogens with one attached hydrogen (secondary N) is 1. The van der Waals surface area contributed by atoms with E-state index in [1.807, 2.05) is 25.7 Å². The van der Waals surface area contributed by atoms with Crippen LogP contribution in [0.25, 0.3) is 0 Å². The fourth-order valence-electron chi connectivity index (χ4n) is 2.01. The molecule has 1 heterocycles. The second-order valence-corrected chi connectivity index (χ2v) is 5.07. The van der Waals surface area contributed by atoms with Gasteiger partial charge in [0.15, 0.2) is 0 Å². The lowest BCUT2D eigenvalue weighted by Gasteiger charge is -2.24. The van der Waals surface area contributed by atoms with E-state index in [0.29, 0.717) is 43.6 Å². The van der Waals surface area contributed by atoms with E-state index < -0.39 is 4.92 Å². The summed E-state index contributed by atoms with van der Waals surface area (Å²) in [5.74, 6) is 1.24. The minimum atomic E-state index is -0.433. The monoisotopic (exact) mass is 291 g/mol. The number of pyridine rings is 1. The molecule has 1 rings (SSSR count). The summed E-state index contributed by atoms with van der Waals surface area (Å²) >= 11 is 0. The molecule has 0 saturated carbocycles. The standard InChI is InChI=1S/C14H21N5O2/c1-4-16-13-7-6-12(19(20)21)14(17-13)18(9-5-8-15)10-11(2)3/h6-7,11H,4-5,9-10H2,1-3H3,(H,16,17). The molecule has 0 atom stereocenters. The van der Waals surface area contributed by atoms with Gasteiger partial charge in [0.25, 0.3) is 0 Å². The fourth-order valence-corrected chi connectivity index (χ4v) is 2.01. The highest BCUT2D eigenvalue weighted by Crippen LogP contribution is 2.28. The van der Waals surface area contributed by atoms with E-state index in [9.17, 15) is 10.1 Å². The van der Waals surface area contributed by atoms with Gasteiger partial charge in [0.05, 0.1) is 17.4 Å². The molecule has 0 saturated heterocycles. The van der Waals surface area contributed by atoms with Gasteiger partial charge in [-0.15, -0.1) is 0 Å². The lowest BCUT2D eigenvalue weighted by atomic mass is 10.2. The number of hydrogen-bond donors (Lipinski definition) is 1. The van der Waals surface area contributed by atoms with E-state index in [1.165, 1.54) is 6.07 Å². The summed E-state index contributed by atoms with van der Waals surface area (Å²) in [6.07, 6.45) is 0.303. The van der Waals surface area contributed by atoms with Gasteiger partial charge in [-0.25, -0.2) is 4.98 Å². The van der Waals surface area contributed by atoms with Gasteiger partial charge in [-0.1, -0.05) is 13.8 Å². The van der Waals surface area contributed by atoms with Gasteiger partial charge in [0.1, 0.15) is 5.82 Å². The average molecular weight is 291 g/mol. The third kappa shape index (κ3) is 4.91. The highest BCUT2D eigenvalue weighted by molar-refractivity contribution is 5.62. The molecular weight excluding hydrogens is 270 g/mol. The van der Waals surface area contributed by atoms with Crippen molar-refractivity contribution in [1.29, 1.82) is 5.26 Å². The number of anilines is 2. The Morgan fingerprint density at radius 3 is 2.76 bits per heavy atom. The zero-order chi connectivity index (χ0) is 15.8. The topological polar surface area (TPSA) is 95.1 Å². The van der Waals surface area contributed by atoms with Crippen molar-refractivity contribution in [2.24, 2.45) is 5.92 Å². The van der Waals surface area contributed by atoms with E-state index in [-0.39, 0.29) is 5.69 Å². The van der Waals surface area contributed by atoms with Gasteiger partial charge in [-0.2, -0.15) is 5.26 Å². The summed E-state index contributed by atoms with van der Waals surface area (Å²) < 4.78 is 0. The predicted molar refractivity (Wildman–Crippen MR) is 82.3 cm³/mol. The molecule has 0 aliphatic heterocycles. The van der Waals surface area contributed by atoms with Crippen molar-refractivity contribution in [3.05, 3.63) is 22.2 Å². The van der Waals surface area contributed by atoms with Crippen LogP contribution in [-0.4, -0.2) is 29.5 Å². The van der Waals surface area contributed by atoms with Crippen molar-refractivity contribution in [3.8, 4) is 6.07 Å². The minimum absolute atomic E-state index is 0.0322. The SMILES string of the molecule is CCNc1ccc([N+](=O)[O-])c(N(CCC#N)CC(C)C)n1. The van der Waals surface area contributed by atoms with Crippen LogP contribution in [0.3, 0.4) is 0 Å². The molecule has 1 aromatic heterocycles. The molecular formula is C14H21N5O2. The molecule has 0 unspecified atom stereocenters. The second-order valence-electron chi connectivity index (χ2n) is 5.07. The Labute approximate surface area is 124 Å². The summed E-state index contributed by atoms with van der Waals surface area (Å²) in [5.41, 5.74) is -0.0322. The molecule has 7 nitrogen and oxygen atoms in total. The Kier molecular flexibility index (Phi) is 6.40. The summed E-state index contributed by atoms with van der Waals surface area (Å²) in [5, 5.41) is 23.0. The van der Waals surface area contributed by atoms with E-state index >= 15 is 0 Å². The highest BCUT2D eigenvalue weighted by Gasteiger charge is 2.22. The largest absolute Gasteiger partial charge is 0.370 e. The van der Waals surface area contributed by atoms with Crippen LogP contribution < -0.4 is 10.2 Å². The molecule has 1 aromatic rings. The molecule has 21 heavy (non-hydrogen) atoms. The Bertz CT molecular complexity index is 525. The van der Waals surface area contributed by atoms with Crippen molar-refractivity contribution in [3.63, 3.8) is 0 Å². The van der Waals surface area contributed by atoms with Crippen molar-refractivity contribution in [2.45, 2.75) is 27.2 Å². The Morgan fingerprint density at radius 2 is 2.24 bits per heavy atom. The van der Waals surface area contributed by atoms with Crippen LogP contribution in [0.1, 0.15) is 27.2 Å². The zero-order valence-corrected chi connectivity index (χ0v) is 12.7. The number of rotatable bonds is 8. The maximum absolute atomic E-state index is 11.2. The van der Waals surface area contributed by atoms with E-state index in [4.69, 9.17) is 5.26 Å². The first kappa shape index (κ1) is 16.7. The molecule has 7 heteroatoms. The maximum atomic E-state index is 11.2. The van der Waals surface area contributed by atoms with Crippen molar-refractivity contribution >= 4 is 17.3 Å². The van der Waals surface area contributed by atoms with Gasteiger partial charge in [0, 0.05) is 25.7 Å². The van der Waals surface area contributed by atoms with Crippen LogP contribution in [0.2, 0.25) is 0 Å². The normalized spacial score (nSPS) is 10.2.